The van der Waals surface area contributed by atoms with Crippen LogP contribution < -0.4 is 5.73 Å². The highest BCUT2D eigenvalue weighted by Crippen LogP contribution is 2.11. The molecule has 0 saturated carbocycles. The van der Waals surface area contributed by atoms with Crippen LogP contribution in [0, 0.1) is 0 Å². The SMILES string of the molecule is N[C@@H](Cc1ccccc1)C(=O)OC(=O)c1ccccc1C(=O)O. The molecule has 3 N–H and O–H groups in total. The maximum Gasteiger partial charge on any atom is 0.346 e. The summed E-state index contributed by atoms with van der Waals surface area (Å²) in [6, 6.07) is 13.5. The molecular weight excluding hydrogens is 298 g/mol. The van der Waals surface area contributed by atoms with E-state index < -0.39 is 23.9 Å². The van der Waals surface area contributed by atoms with Crippen molar-refractivity contribution in [2.24, 2.45) is 5.73 Å². The Morgan fingerprint density at radius 2 is 1.52 bits per heavy atom. The molecule has 0 bridgehead atoms. The fourth-order valence-corrected chi connectivity index (χ4v) is 2.02. The standard InChI is InChI=1S/C17H15NO5/c18-14(10-11-6-2-1-3-7-11)17(22)23-16(21)13-9-5-4-8-12(13)15(19)20/h1-9,14H,10,18H2,(H,19,20)/t14-/m0/s1. The molecule has 0 unspecified atom stereocenters. The Morgan fingerprint density at radius 1 is 0.957 bits per heavy atom. The predicted octanol–water partition coefficient (Wildman–Crippen LogP) is 1.64. The Hall–Kier alpha value is -2.99. The lowest BCUT2D eigenvalue weighted by Crippen LogP contribution is -2.36. The Morgan fingerprint density at radius 3 is 2.13 bits per heavy atom. The second kappa shape index (κ2) is 7.33. The molecule has 2 aromatic carbocycles. The van der Waals surface area contributed by atoms with Crippen molar-refractivity contribution in [3.05, 3.63) is 71.3 Å². The third-order valence-electron chi connectivity index (χ3n) is 3.17. The van der Waals surface area contributed by atoms with E-state index in [2.05, 4.69) is 0 Å². The number of nitrogens with two attached hydrogens (primary N) is 1. The molecule has 6 nitrogen and oxygen atoms in total. The maximum absolute atomic E-state index is 12.0. The first kappa shape index (κ1) is 16.4. The normalized spacial score (nSPS) is 11.5. The molecule has 2 aromatic rings. The molecule has 0 radical (unpaired) electrons. The number of ether oxygens (including phenoxy) is 1. The number of rotatable bonds is 5. The van der Waals surface area contributed by atoms with Crippen LogP contribution in [-0.2, 0) is 16.0 Å². The Labute approximate surface area is 132 Å². The van der Waals surface area contributed by atoms with E-state index in [4.69, 9.17) is 15.6 Å². The lowest BCUT2D eigenvalue weighted by Gasteiger charge is -2.11. The first-order valence-electron chi connectivity index (χ1n) is 6.87. The molecule has 0 fully saturated rings. The number of aromatic carboxylic acids is 1. The summed E-state index contributed by atoms with van der Waals surface area (Å²) in [6.07, 6.45) is 0.216. The van der Waals surface area contributed by atoms with Gasteiger partial charge < -0.3 is 15.6 Å². The fraction of sp³-hybridized carbons (Fsp3) is 0.118. The van der Waals surface area contributed by atoms with E-state index in [1.54, 1.807) is 12.1 Å². The van der Waals surface area contributed by atoms with Gasteiger partial charge in [0.1, 0.15) is 6.04 Å². The Bertz CT molecular complexity index is 727. The molecule has 0 aliphatic rings. The first-order valence-corrected chi connectivity index (χ1v) is 6.87. The highest BCUT2D eigenvalue weighted by Gasteiger charge is 2.23. The van der Waals surface area contributed by atoms with Crippen molar-refractivity contribution in [2.75, 3.05) is 0 Å². The van der Waals surface area contributed by atoms with Crippen molar-refractivity contribution in [3.8, 4) is 0 Å². The monoisotopic (exact) mass is 313 g/mol. The number of hydrogen-bond acceptors (Lipinski definition) is 5. The average molecular weight is 313 g/mol. The third-order valence-corrected chi connectivity index (χ3v) is 3.17. The molecule has 0 heterocycles. The number of carboxylic acid groups (broad SMARTS) is 1. The van der Waals surface area contributed by atoms with Crippen molar-refractivity contribution >= 4 is 17.9 Å². The van der Waals surface area contributed by atoms with Gasteiger partial charge in [-0.1, -0.05) is 42.5 Å². The van der Waals surface area contributed by atoms with Gasteiger partial charge in [-0.05, 0) is 24.1 Å². The fourth-order valence-electron chi connectivity index (χ4n) is 2.02. The molecule has 1 atom stereocenters. The molecular formula is C17H15NO5. The Balaban J connectivity index is 2.05. The average Bonchev–Trinajstić information content (AvgIpc) is 2.55. The second-order valence-corrected chi connectivity index (χ2v) is 4.86. The van der Waals surface area contributed by atoms with E-state index >= 15 is 0 Å². The van der Waals surface area contributed by atoms with Crippen LogP contribution in [0.1, 0.15) is 26.3 Å². The van der Waals surface area contributed by atoms with E-state index in [1.165, 1.54) is 24.3 Å². The minimum absolute atomic E-state index is 0.194. The summed E-state index contributed by atoms with van der Waals surface area (Å²) < 4.78 is 4.70. The summed E-state index contributed by atoms with van der Waals surface area (Å²) in [5.41, 5.74) is 6.13. The number of carboxylic acids is 1. The quantitative estimate of drug-likeness (QED) is 0.642. The number of carbonyl (C=O) groups is 3. The van der Waals surface area contributed by atoms with Gasteiger partial charge in [0.25, 0.3) is 0 Å². The number of carbonyl (C=O) groups excluding carboxylic acids is 2. The molecule has 0 spiro atoms. The molecule has 0 aromatic heterocycles. The van der Waals surface area contributed by atoms with Crippen molar-refractivity contribution in [2.45, 2.75) is 12.5 Å². The van der Waals surface area contributed by atoms with Gasteiger partial charge in [-0.3, -0.25) is 0 Å². The van der Waals surface area contributed by atoms with E-state index in [0.717, 1.165) is 5.56 Å². The van der Waals surface area contributed by atoms with Gasteiger partial charge in [0.15, 0.2) is 0 Å². The minimum Gasteiger partial charge on any atom is -0.478 e. The lowest BCUT2D eigenvalue weighted by atomic mass is 10.1. The molecule has 23 heavy (non-hydrogen) atoms. The van der Waals surface area contributed by atoms with E-state index in [9.17, 15) is 14.4 Å². The van der Waals surface area contributed by atoms with E-state index in [0.29, 0.717) is 0 Å². The van der Waals surface area contributed by atoms with Crippen LogP contribution in [0.3, 0.4) is 0 Å². The predicted molar refractivity (Wildman–Crippen MR) is 81.9 cm³/mol. The highest BCUT2D eigenvalue weighted by atomic mass is 16.6. The van der Waals surface area contributed by atoms with Gasteiger partial charge >= 0.3 is 17.9 Å². The maximum atomic E-state index is 12.0. The van der Waals surface area contributed by atoms with Gasteiger partial charge in [-0.15, -0.1) is 0 Å². The van der Waals surface area contributed by atoms with Crippen LogP contribution in [0.25, 0.3) is 0 Å². The van der Waals surface area contributed by atoms with Crippen LogP contribution in [0.15, 0.2) is 54.6 Å². The Kier molecular flexibility index (Phi) is 5.22. The van der Waals surface area contributed by atoms with Crippen molar-refractivity contribution in [1.82, 2.24) is 0 Å². The number of esters is 2. The van der Waals surface area contributed by atoms with Crippen LogP contribution in [0.2, 0.25) is 0 Å². The molecule has 0 saturated heterocycles. The highest BCUT2D eigenvalue weighted by molar-refractivity contribution is 6.05. The van der Waals surface area contributed by atoms with Gasteiger partial charge in [-0.25, -0.2) is 14.4 Å². The van der Waals surface area contributed by atoms with Crippen LogP contribution in [-0.4, -0.2) is 29.1 Å². The van der Waals surface area contributed by atoms with Crippen LogP contribution in [0.5, 0.6) is 0 Å². The first-order chi connectivity index (χ1) is 11.0. The molecule has 0 aliphatic carbocycles. The smallest absolute Gasteiger partial charge is 0.346 e. The number of hydrogen-bond donors (Lipinski definition) is 2. The zero-order valence-electron chi connectivity index (χ0n) is 12.1. The zero-order chi connectivity index (χ0) is 16.8. The summed E-state index contributed by atoms with van der Waals surface area (Å²) in [5, 5.41) is 9.04. The molecule has 118 valence electrons. The largest absolute Gasteiger partial charge is 0.478 e. The van der Waals surface area contributed by atoms with E-state index in [1.807, 2.05) is 18.2 Å². The van der Waals surface area contributed by atoms with Crippen molar-refractivity contribution in [3.63, 3.8) is 0 Å². The molecule has 0 aliphatic heterocycles. The second-order valence-electron chi connectivity index (χ2n) is 4.86. The summed E-state index contributed by atoms with van der Waals surface area (Å²) in [7, 11) is 0. The topological polar surface area (TPSA) is 107 Å². The lowest BCUT2D eigenvalue weighted by molar-refractivity contribution is -0.139. The summed E-state index contributed by atoms with van der Waals surface area (Å²) >= 11 is 0. The van der Waals surface area contributed by atoms with Gasteiger partial charge in [0, 0.05) is 0 Å². The molecule has 0 amide bonds. The molecule has 2 rings (SSSR count). The summed E-state index contributed by atoms with van der Waals surface area (Å²) in [5.74, 6) is -3.21. The van der Waals surface area contributed by atoms with Crippen LogP contribution in [0.4, 0.5) is 0 Å². The number of benzene rings is 2. The van der Waals surface area contributed by atoms with Crippen molar-refractivity contribution < 1.29 is 24.2 Å². The van der Waals surface area contributed by atoms with Gasteiger partial charge in [0.2, 0.25) is 0 Å². The third kappa shape index (κ3) is 4.24. The van der Waals surface area contributed by atoms with Crippen LogP contribution >= 0.6 is 0 Å². The van der Waals surface area contributed by atoms with Crippen molar-refractivity contribution in [1.29, 1.82) is 0 Å². The van der Waals surface area contributed by atoms with Gasteiger partial charge in [-0.2, -0.15) is 0 Å². The summed E-state index contributed by atoms with van der Waals surface area (Å²) in [4.78, 5) is 34.9. The molecule has 6 heteroatoms. The summed E-state index contributed by atoms with van der Waals surface area (Å²) in [6.45, 7) is 0. The van der Waals surface area contributed by atoms with Gasteiger partial charge in [0.05, 0.1) is 11.1 Å². The minimum atomic E-state index is -1.28. The van der Waals surface area contributed by atoms with E-state index in [-0.39, 0.29) is 17.5 Å². The zero-order valence-corrected chi connectivity index (χ0v) is 12.1.